The number of phenols is 1. The van der Waals surface area contributed by atoms with Gasteiger partial charge in [-0.05, 0) is 42.0 Å². The Morgan fingerprint density at radius 3 is 2.67 bits per heavy atom. The molecule has 3 aromatic rings. The number of aromatic hydroxyl groups is 1. The molecular formula is C22H17N3O5. The van der Waals surface area contributed by atoms with Crippen LogP contribution in [0, 0.1) is 11.3 Å². The van der Waals surface area contributed by atoms with Crippen LogP contribution in [0.4, 0.5) is 5.69 Å². The van der Waals surface area contributed by atoms with Gasteiger partial charge in [0, 0.05) is 23.7 Å². The van der Waals surface area contributed by atoms with E-state index in [4.69, 9.17) is 9.68 Å². The van der Waals surface area contributed by atoms with E-state index in [0.29, 0.717) is 16.8 Å². The molecule has 3 rings (SSSR count). The van der Waals surface area contributed by atoms with Gasteiger partial charge in [-0.3, -0.25) is 14.4 Å². The maximum Gasteiger partial charge on any atom is 0.251 e. The van der Waals surface area contributed by atoms with Crippen molar-refractivity contribution in [2.24, 2.45) is 0 Å². The first-order chi connectivity index (χ1) is 14.4. The summed E-state index contributed by atoms with van der Waals surface area (Å²) in [5, 5.41) is 23.6. The minimum absolute atomic E-state index is 0.0404. The van der Waals surface area contributed by atoms with Crippen molar-refractivity contribution in [1.29, 1.82) is 5.26 Å². The fourth-order valence-electron chi connectivity index (χ4n) is 2.83. The number of furan rings is 1. The SMILES string of the molecule is CC(=O)Nc1cccc(-c2ccoc2C(=O)CNC(=O)c2ccc(O)c(C#N)c2)c1. The van der Waals surface area contributed by atoms with Gasteiger partial charge in [-0.2, -0.15) is 5.26 Å². The first-order valence-corrected chi connectivity index (χ1v) is 8.89. The van der Waals surface area contributed by atoms with Crippen LogP contribution in [0.15, 0.2) is 59.2 Å². The molecule has 0 atom stereocenters. The lowest BCUT2D eigenvalue weighted by atomic mass is 10.0. The molecule has 0 fully saturated rings. The van der Waals surface area contributed by atoms with Crippen LogP contribution in [-0.4, -0.2) is 29.2 Å². The van der Waals surface area contributed by atoms with E-state index in [0.717, 1.165) is 0 Å². The second-order valence-corrected chi connectivity index (χ2v) is 6.37. The number of amides is 2. The fourth-order valence-corrected chi connectivity index (χ4v) is 2.83. The van der Waals surface area contributed by atoms with E-state index < -0.39 is 11.7 Å². The Hall–Kier alpha value is -4.38. The van der Waals surface area contributed by atoms with Gasteiger partial charge in [0.1, 0.15) is 11.8 Å². The summed E-state index contributed by atoms with van der Waals surface area (Å²) in [6, 6.07) is 14.2. The highest BCUT2D eigenvalue weighted by Gasteiger charge is 2.18. The zero-order valence-corrected chi connectivity index (χ0v) is 15.9. The van der Waals surface area contributed by atoms with E-state index in [1.165, 1.54) is 31.4 Å². The number of anilines is 1. The number of nitriles is 1. The van der Waals surface area contributed by atoms with Crippen LogP contribution in [0.1, 0.15) is 33.4 Å². The summed E-state index contributed by atoms with van der Waals surface area (Å²) in [4.78, 5) is 36.1. The van der Waals surface area contributed by atoms with Gasteiger partial charge in [0.2, 0.25) is 11.7 Å². The predicted octanol–water partition coefficient (Wildman–Crippen LogP) is 3.09. The number of rotatable bonds is 6. The van der Waals surface area contributed by atoms with Crippen LogP contribution < -0.4 is 10.6 Å². The van der Waals surface area contributed by atoms with Crippen molar-refractivity contribution in [1.82, 2.24) is 5.32 Å². The molecule has 2 aromatic carbocycles. The van der Waals surface area contributed by atoms with E-state index in [9.17, 15) is 19.5 Å². The fraction of sp³-hybridized carbons (Fsp3) is 0.0909. The molecule has 0 unspecified atom stereocenters. The molecule has 0 aliphatic heterocycles. The molecule has 0 spiro atoms. The van der Waals surface area contributed by atoms with E-state index in [1.54, 1.807) is 36.4 Å². The lowest BCUT2D eigenvalue weighted by Crippen LogP contribution is -2.29. The zero-order valence-electron chi connectivity index (χ0n) is 15.9. The number of hydrogen-bond donors (Lipinski definition) is 3. The standard InChI is InChI=1S/C22H17N3O5/c1-13(26)25-17-4-2-3-14(10-17)18-7-8-30-21(18)20(28)12-24-22(29)15-5-6-19(27)16(9-15)11-23/h2-10,27H,12H2,1H3,(H,24,29)(H,25,26). The smallest absolute Gasteiger partial charge is 0.251 e. The summed E-state index contributed by atoms with van der Waals surface area (Å²) in [7, 11) is 0. The molecule has 1 aromatic heterocycles. The highest BCUT2D eigenvalue weighted by Crippen LogP contribution is 2.27. The minimum Gasteiger partial charge on any atom is -0.507 e. The van der Waals surface area contributed by atoms with Crippen molar-refractivity contribution in [3.05, 3.63) is 71.7 Å². The van der Waals surface area contributed by atoms with Gasteiger partial charge in [0.25, 0.3) is 5.91 Å². The maximum absolute atomic E-state index is 12.6. The van der Waals surface area contributed by atoms with Crippen molar-refractivity contribution in [2.45, 2.75) is 6.92 Å². The van der Waals surface area contributed by atoms with Gasteiger partial charge in [-0.1, -0.05) is 12.1 Å². The third-order valence-electron chi connectivity index (χ3n) is 4.20. The van der Waals surface area contributed by atoms with Crippen molar-refractivity contribution >= 4 is 23.3 Å². The van der Waals surface area contributed by atoms with Crippen LogP contribution in [0.3, 0.4) is 0 Å². The van der Waals surface area contributed by atoms with E-state index >= 15 is 0 Å². The van der Waals surface area contributed by atoms with Crippen molar-refractivity contribution in [2.75, 3.05) is 11.9 Å². The molecule has 0 saturated carbocycles. The number of nitrogens with zero attached hydrogens (tertiary/aromatic N) is 1. The number of carbonyl (C=O) groups is 3. The van der Waals surface area contributed by atoms with Crippen LogP contribution in [-0.2, 0) is 4.79 Å². The molecule has 30 heavy (non-hydrogen) atoms. The molecule has 0 aliphatic rings. The molecule has 0 aliphatic carbocycles. The Labute approximate surface area is 171 Å². The quantitative estimate of drug-likeness (QED) is 0.542. The van der Waals surface area contributed by atoms with Gasteiger partial charge < -0.3 is 20.2 Å². The number of nitrogens with one attached hydrogen (secondary N) is 2. The number of ketones is 1. The molecular weight excluding hydrogens is 386 g/mol. The summed E-state index contributed by atoms with van der Waals surface area (Å²) < 4.78 is 5.33. The third kappa shape index (κ3) is 4.54. The number of Topliss-reactive ketones (excluding diaryl/α,β-unsaturated/α-hetero) is 1. The third-order valence-corrected chi connectivity index (χ3v) is 4.20. The van der Waals surface area contributed by atoms with Gasteiger partial charge in [-0.15, -0.1) is 0 Å². The van der Waals surface area contributed by atoms with Crippen LogP contribution in [0.2, 0.25) is 0 Å². The molecule has 1 heterocycles. The first kappa shape index (κ1) is 20.4. The van der Waals surface area contributed by atoms with E-state index in [1.807, 2.05) is 0 Å². The minimum atomic E-state index is -0.569. The molecule has 3 N–H and O–H groups in total. The lowest BCUT2D eigenvalue weighted by Gasteiger charge is -2.07. The number of carbonyl (C=O) groups excluding carboxylic acids is 3. The van der Waals surface area contributed by atoms with Gasteiger partial charge in [0.05, 0.1) is 18.4 Å². The predicted molar refractivity (Wildman–Crippen MR) is 108 cm³/mol. The van der Waals surface area contributed by atoms with Crippen LogP contribution in [0.25, 0.3) is 11.1 Å². The molecule has 2 amide bonds. The largest absolute Gasteiger partial charge is 0.507 e. The lowest BCUT2D eigenvalue weighted by molar-refractivity contribution is -0.114. The maximum atomic E-state index is 12.6. The molecule has 8 heteroatoms. The number of hydrogen-bond acceptors (Lipinski definition) is 6. The molecule has 0 saturated heterocycles. The molecule has 0 radical (unpaired) electrons. The Kier molecular flexibility index (Phi) is 5.94. The van der Waals surface area contributed by atoms with E-state index in [2.05, 4.69) is 10.6 Å². The van der Waals surface area contributed by atoms with Crippen molar-refractivity contribution in [3.63, 3.8) is 0 Å². The summed E-state index contributed by atoms with van der Waals surface area (Å²) in [6.07, 6.45) is 1.37. The average Bonchev–Trinajstić information content (AvgIpc) is 3.22. The average molecular weight is 403 g/mol. The normalized spacial score (nSPS) is 10.1. The molecule has 150 valence electrons. The summed E-state index contributed by atoms with van der Waals surface area (Å²) in [5.74, 6) is -1.40. The highest BCUT2D eigenvalue weighted by molar-refractivity contribution is 6.04. The first-order valence-electron chi connectivity index (χ1n) is 8.89. The second-order valence-electron chi connectivity index (χ2n) is 6.37. The Morgan fingerprint density at radius 2 is 1.93 bits per heavy atom. The van der Waals surface area contributed by atoms with E-state index in [-0.39, 0.29) is 35.1 Å². The number of phenolic OH excluding ortho intramolecular Hbond substituents is 1. The van der Waals surface area contributed by atoms with Gasteiger partial charge >= 0.3 is 0 Å². The van der Waals surface area contributed by atoms with Crippen molar-refractivity contribution < 1.29 is 23.9 Å². The van der Waals surface area contributed by atoms with Crippen LogP contribution >= 0.6 is 0 Å². The van der Waals surface area contributed by atoms with Gasteiger partial charge in [0.15, 0.2) is 5.76 Å². The second kappa shape index (κ2) is 8.75. The zero-order chi connectivity index (χ0) is 21.7. The monoisotopic (exact) mass is 403 g/mol. The molecule has 0 bridgehead atoms. The topological polar surface area (TPSA) is 132 Å². The Balaban J connectivity index is 1.74. The number of benzene rings is 2. The summed E-state index contributed by atoms with van der Waals surface area (Å²) in [5.41, 5.74) is 1.87. The highest BCUT2D eigenvalue weighted by atomic mass is 16.3. The molecule has 8 nitrogen and oxygen atoms in total. The Morgan fingerprint density at radius 1 is 1.13 bits per heavy atom. The summed E-state index contributed by atoms with van der Waals surface area (Å²) >= 11 is 0. The Bertz CT molecular complexity index is 1170. The van der Waals surface area contributed by atoms with Crippen molar-refractivity contribution in [3.8, 4) is 22.9 Å². The van der Waals surface area contributed by atoms with Crippen LogP contribution in [0.5, 0.6) is 5.75 Å². The summed E-state index contributed by atoms with van der Waals surface area (Å²) in [6.45, 7) is 1.07. The van der Waals surface area contributed by atoms with Gasteiger partial charge in [-0.25, -0.2) is 0 Å².